The molecule has 0 bridgehead atoms. The predicted molar refractivity (Wildman–Crippen MR) is 81.3 cm³/mol. The van der Waals surface area contributed by atoms with Gasteiger partial charge < -0.3 is 10.1 Å². The lowest BCUT2D eigenvalue weighted by molar-refractivity contribution is -0.0978. The molecule has 0 aliphatic heterocycles. The van der Waals surface area contributed by atoms with Crippen LogP contribution < -0.4 is 5.32 Å². The third-order valence-corrected chi connectivity index (χ3v) is 5.32. The Kier molecular flexibility index (Phi) is 4.69. The zero-order valence-corrected chi connectivity index (χ0v) is 13.5. The van der Waals surface area contributed by atoms with Gasteiger partial charge in [-0.25, -0.2) is 0 Å². The maximum Gasteiger partial charge on any atom is 0.0652 e. The molecular formula is C14H18Cl3NO. The molecule has 0 spiro atoms. The van der Waals surface area contributed by atoms with Crippen LogP contribution in [0.1, 0.15) is 25.8 Å². The lowest BCUT2D eigenvalue weighted by Gasteiger charge is -2.51. The highest BCUT2D eigenvalue weighted by Crippen LogP contribution is 2.43. The highest BCUT2D eigenvalue weighted by molar-refractivity contribution is 6.44. The van der Waals surface area contributed by atoms with Crippen molar-refractivity contribution in [1.82, 2.24) is 5.32 Å². The number of hydrogen-bond acceptors (Lipinski definition) is 2. The van der Waals surface area contributed by atoms with E-state index in [1.54, 1.807) is 19.2 Å². The molecule has 19 heavy (non-hydrogen) atoms. The van der Waals surface area contributed by atoms with Gasteiger partial charge in [0.1, 0.15) is 0 Å². The van der Waals surface area contributed by atoms with Crippen LogP contribution in [0.4, 0.5) is 0 Å². The average molecular weight is 323 g/mol. The summed E-state index contributed by atoms with van der Waals surface area (Å²) in [5.41, 5.74) is 0.972. The molecular weight excluding hydrogens is 305 g/mol. The first-order valence-electron chi connectivity index (χ1n) is 6.26. The second kappa shape index (κ2) is 5.79. The van der Waals surface area contributed by atoms with Gasteiger partial charge in [0, 0.05) is 35.7 Å². The van der Waals surface area contributed by atoms with E-state index in [4.69, 9.17) is 39.5 Å². The van der Waals surface area contributed by atoms with Gasteiger partial charge in [-0.2, -0.15) is 0 Å². The zero-order chi connectivity index (χ0) is 14.2. The summed E-state index contributed by atoms with van der Waals surface area (Å²) in [6.07, 6.45) is 1.30. The zero-order valence-electron chi connectivity index (χ0n) is 11.3. The highest BCUT2D eigenvalue weighted by atomic mass is 35.5. The van der Waals surface area contributed by atoms with Gasteiger partial charge in [0.05, 0.1) is 16.1 Å². The van der Waals surface area contributed by atoms with E-state index in [1.807, 2.05) is 0 Å². The van der Waals surface area contributed by atoms with Gasteiger partial charge in [0.2, 0.25) is 0 Å². The minimum absolute atomic E-state index is 0.117. The number of benzene rings is 1. The van der Waals surface area contributed by atoms with E-state index < -0.39 is 0 Å². The summed E-state index contributed by atoms with van der Waals surface area (Å²) in [5.74, 6) is 0. The molecule has 1 fully saturated rings. The van der Waals surface area contributed by atoms with Crippen molar-refractivity contribution in [2.75, 3.05) is 7.11 Å². The molecule has 0 saturated heterocycles. The van der Waals surface area contributed by atoms with Crippen molar-refractivity contribution >= 4 is 34.8 Å². The minimum atomic E-state index is 0.117. The molecule has 0 radical (unpaired) electrons. The van der Waals surface area contributed by atoms with Gasteiger partial charge in [-0.3, -0.25) is 0 Å². The summed E-state index contributed by atoms with van der Waals surface area (Å²) in [4.78, 5) is 0. The number of ether oxygens (including phenoxy) is 1. The molecule has 0 aromatic heterocycles. The van der Waals surface area contributed by atoms with E-state index in [-0.39, 0.29) is 5.41 Å². The third kappa shape index (κ3) is 2.88. The minimum Gasteiger partial charge on any atom is -0.381 e. The number of halogens is 3. The maximum atomic E-state index is 6.19. The summed E-state index contributed by atoms with van der Waals surface area (Å²) in [7, 11) is 1.76. The standard InChI is InChI=1S/C14H18Cl3NO/c1-14(2)11(6-12(14)19-3)18-7-8-9(15)4-5-10(16)13(8)17/h4-5,11-12,18H,6-7H2,1-3H3. The van der Waals surface area contributed by atoms with Crippen molar-refractivity contribution in [3.63, 3.8) is 0 Å². The van der Waals surface area contributed by atoms with E-state index in [9.17, 15) is 0 Å². The molecule has 2 rings (SSSR count). The van der Waals surface area contributed by atoms with Crippen LogP contribution in [0.5, 0.6) is 0 Å². The molecule has 5 heteroatoms. The lowest BCUT2D eigenvalue weighted by Crippen LogP contribution is -2.60. The van der Waals surface area contributed by atoms with Crippen molar-refractivity contribution in [2.24, 2.45) is 5.41 Å². The highest BCUT2D eigenvalue weighted by Gasteiger charge is 2.48. The van der Waals surface area contributed by atoms with Gasteiger partial charge in [0.25, 0.3) is 0 Å². The topological polar surface area (TPSA) is 21.3 Å². The first-order valence-corrected chi connectivity index (χ1v) is 7.40. The molecule has 1 aliphatic carbocycles. The molecule has 0 heterocycles. The fraction of sp³-hybridized carbons (Fsp3) is 0.571. The molecule has 1 saturated carbocycles. The van der Waals surface area contributed by atoms with E-state index in [0.717, 1.165) is 12.0 Å². The first kappa shape index (κ1) is 15.4. The molecule has 0 amide bonds. The normalized spacial score (nSPS) is 25.2. The predicted octanol–water partition coefficient (Wildman–Crippen LogP) is 4.55. The monoisotopic (exact) mass is 321 g/mol. The van der Waals surface area contributed by atoms with E-state index in [2.05, 4.69) is 19.2 Å². The fourth-order valence-electron chi connectivity index (χ4n) is 2.59. The smallest absolute Gasteiger partial charge is 0.0652 e. The Morgan fingerprint density at radius 1 is 1.26 bits per heavy atom. The fourth-order valence-corrected chi connectivity index (χ4v) is 3.27. The Hall–Kier alpha value is 0.01000. The van der Waals surface area contributed by atoms with E-state index in [0.29, 0.717) is 33.8 Å². The average Bonchev–Trinajstić information content (AvgIpc) is 2.36. The molecule has 2 nitrogen and oxygen atoms in total. The van der Waals surface area contributed by atoms with Crippen molar-refractivity contribution in [1.29, 1.82) is 0 Å². The van der Waals surface area contributed by atoms with Gasteiger partial charge >= 0.3 is 0 Å². The van der Waals surface area contributed by atoms with Gasteiger partial charge in [-0.15, -0.1) is 0 Å². The maximum absolute atomic E-state index is 6.19. The summed E-state index contributed by atoms with van der Waals surface area (Å²) in [5, 5.41) is 5.19. The largest absolute Gasteiger partial charge is 0.381 e. The van der Waals surface area contributed by atoms with Gasteiger partial charge in [-0.05, 0) is 18.6 Å². The number of methoxy groups -OCH3 is 1. The van der Waals surface area contributed by atoms with Crippen LogP contribution in [0.2, 0.25) is 15.1 Å². The van der Waals surface area contributed by atoms with E-state index in [1.165, 1.54) is 0 Å². The van der Waals surface area contributed by atoms with Crippen LogP contribution in [0, 0.1) is 5.41 Å². The number of hydrogen-bond donors (Lipinski definition) is 1. The quantitative estimate of drug-likeness (QED) is 0.821. The molecule has 1 aliphatic rings. The van der Waals surface area contributed by atoms with Gasteiger partial charge in [-0.1, -0.05) is 48.7 Å². The lowest BCUT2D eigenvalue weighted by atomic mass is 9.64. The van der Waals surface area contributed by atoms with Crippen molar-refractivity contribution in [2.45, 2.75) is 39.0 Å². The number of rotatable bonds is 4. The molecule has 1 aromatic carbocycles. The summed E-state index contributed by atoms with van der Waals surface area (Å²) in [6, 6.07) is 3.88. The Balaban J connectivity index is 2.03. The molecule has 1 N–H and O–H groups in total. The van der Waals surface area contributed by atoms with Crippen LogP contribution in [-0.2, 0) is 11.3 Å². The van der Waals surface area contributed by atoms with Crippen LogP contribution in [0.15, 0.2) is 12.1 Å². The Labute approximate surface area is 129 Å². The first-order chi connectivity index (χ1) is 8.87. The van der Waals surface area contributed by atoms with E-state index >= 15 is 0 Å². The summed E-state index contributed by atoms with van der Waals surface area (Å²) >= 11 is 18.4. The SMILES string of the molecule is COC1CC(NCc2c(Cl)ccc(Cl)c2Cl)C1(C)C. The van der Waals surface area contributed by atoms with Crippen LogP contribution >= 0.6 is 34.8 Å². The van der Waals surface area contributed by atoms with Crippen molar-refractivity contribution in [3.05, 3.63) is 32.8 Å². The summed E-state index contributed by atoms with van der Waals surface area (Å²) in [6.45, 7) is 5.01. The Morgan fingerprint density at radius 3 is 2.47 bits per heavy atom. The second-order valence-electron chi connectivity index (χ2n) is 5.54. The summed E-state index contributed by atoms with van der Waals surface area (Å²) < 4.78 is 5.44. The third-order valence-electron chi connectivity index (χ3n) is 4.13. The van der Waals surface area contributed by atoms with Gasteiger partial charge in [0.15, 0.2) is 0 Å². The Morgan fingerprint density at radius 2 is 1.89 bits per heavy atom. The molecule has 2 atom stereocenters. The molecule has 1 aromatic rings. The van der Waals surface area contributed by atoms with Crippen LogP contribution in [-0.4, -0.2) is 19.3 Å². The Bertz CT molecular complexity index is 476. The van der Waals surface area contributed by atoms with Crippen LogP contribution in [0.3, 0.4) is 0 Å². The van der Waals surface area contributed by atoms with Crippen molar-refractivity contribution < 1.29 is 4.74 Å². The van der Waals surface area contributed by atoms with Crippen LogP contribution in [0.25, 0.3) is 0 Å². The second-order valence-corrected chi connectivity index (χ2v) is 6.73. The molecule has 2 unspecified atom stereocenters. The number of nitrogens with one attached hydrogen (secondary N) is 1. The molecule has 106 valence electrons. The van der Waals surface area contributed by atoms with Crippen molar-refractivity contribution in [3.8, 4) is 0 Å².